The maximum absolute atomic E-state index is 5.84. The van der Waals surface area contributed by atoms with Crippen LogP contribution in [0.1, 0.15) is 5.76 Å². The maximum Gasteiger partial charge on any atom is 0.149 e. The van der Waals surface area contributed by atoms with Crippen molar-refractivity contribution < 1.29 is 4.42 Å². The molecule has 3 heteroatoms. The average molecular weight is 290 g/mol. The average Bonchev–Trinajstić information content (AvgIpc) is 2.73. The molecule has 0 aliphatic heterocycles. The monoisotopic (exact) mass is 289 g/mol. The van der Waals surface area contributed by atoms with Gasteiger partial charge in [-0.05, 0) is 45.9 Å². The molecular weight excluding hydrogens is 278 g/mol. The van der Waals surface area contributed by atoms with Crippen molar-refractivity contribution in [3.05, 3.63) is 46.6 Å². The highest BCUT2D eigenvalue weighted by molar-refractivity contribution is 9.10. The Morgan fingerprint density at radius 1 is 1.18 bits per heavy atom. The minimum atomic E-state index is 0.747. The molecule has 1 heterocycles. The van der Waals surface area contributed by atoms with Gasteiger partial charge in [0.2, 0.25) is 0 Å². The van der Waals surface area contributed by atoms with Crippen LogP contribution in [0.4, 0.5) is 0 Å². The molecule has 0 aliphatic carbocycles. The Morgan fingerprint density at radius 2 is 2.00 bits per heavy atom. The van der Waals surface area contributed by atoms with E-state index in [2.05, 4.69) is 51.6 Å². The van der Waals surface area contributed by atoms with Crippen LogP contribution in [-0.4, -0.2) is 7.05 Å². The van der Waals surface area contributed by atoms with E-state index in [1.165, 1.54) is 10.8 Å². The van der Waals surface area contributed by atoms with E-state index in [1.807, 2.05) is 13.1 Å². The Morgan fingerprint density at radius 3 is 2.82 bits per heavy atom. The minimum Gasteiger partial charge on any atom is -0.458 e. The maximum atomic E-state index is 5.84. The van der Waals surface area contributed by atoms with E-state index >= 15 is 0 Å². The summed E-state index contributed by atoms with van der Waals surface area (Å²) in [5.74, 6) is 0.957. The first-order valence-corrected chi connectivity index (χ1v) is 6.33. The Labute approximate surface area is 108 Å². The quantitative estimate of drug-likeness (QED) is 0.769. The summed E-state index contributed by atoms with van der Waals surface area (Å²) in [6.07, 6.45) is 0. The summed E-state index contributed by atoms with van der Waals surface area (Å²) in [5, 5.41) is 6.65. The summed E-state index contributed by atoms with van der Waals surface area (Å²) in [6.45, 7) is 0.747. The summed E-state index contributed by atoms with van der Waals surface area (Å²) >= 11 is 3.63. The molecule has 0 fully saturated rings. The van der Waals surface area contributed by atoms with Gasteiger partial charge in [0.15, 0.2) is 0 Å². The molecule has 0 spiro atoms. The lowest BCUT2D eigenvalue weighted by Crippen LogP contribution is -2.03. The molecule has 86 valence electrons. The Hall–Kier alpha value is -1.32. The number of furan rings is 1. The highest BCUT2D eigenvalue weighted by atomic mass is 79.9. The number of rotatable bonds is 2. The van der Waals surface area contributed by atoms with Crippen molar-refractivity contribution in [1.82, 2.24) is 5.32 Å². The van der Waals surface area contributed by atoms with Gasteiger partial charge in [-0.15, -0.1) is 0 Å². The fourth-order valence-electron chi connectivity index (χ4n) is 2.11. The summed E-state index contributed by atoms with van der Waals surface area (Å²) in [4.78, 5) is 0. The van der Waals surface area contributed by atoms with E-state index in [1.54, 1.807) is 0 Å². The van der Waals surface area contributed by atoms with Gasteiger partial charge in [0.1, 0.15) is 11.3 Å². The van der Waals surface area contributed by atoms with E-state index in [0.29, 0.717) is 0 Å². The van der Waals surface area contributed by atoms with Crippen molar-refractivity contribution in [3.63, 3.8) is 0 Å². The van der Waals surface area contributed by atoms with E-state index in [4.69, 9.17) is 4.42 Å². The lowest BCUT2D eigenvalue weighted by Gasteiger charge is -2.00. The molecule has 0 amide bonds. The van der Waals surface area contributed by atoms with Gasteiger partial charge in [0.25, 0.3) is 0 Å². The van der Waals surface area contributed by atoms with Crippen LogP contribution in [0.25, 0.3) is 21.7 Å². The highest BCUT2D eigenvalue weighted by Crippen LogP contribution is 2.34. The SMILES string of the molecule is CNCc1cc2cc3ccccc3c(Br)c2o1. The first kappa shape index (κ1) is 10.8. The van der Waals surface area contributed by atoms with E-state index in [9.17, 15) is 0 Å². The lowest BCUT2D eigenvalue weighted by molar-refractivity contribution is 0.530. The molecule has 2 aromatic carbocycles. The molecule has 1 aromatic heterocycles. The number of halogens is 1. The van der Waals surface area contributed by atoms with Crippen molar-refractivity contribution in [3.8, 4) is 0 Å². The molecule has 3 rings (SSSR count). The fourth-order valence-corrected chi connectivity index (χ4v) is 2.78. The molecule has 0 unspecified atom stereocenters. The standard InChI is InChI=1S/C14H12BrNO/c1-16-8-11-7-10-6-9-4-2-3-5-12(9)13(15)14(10)17-11/h2-7,16H,8H2,1H3. The third-order valence-electron chi connectivity index (χ3n) is 2.87. The zero-order valence-corrected chi connectivity index (χ0v) is 11.0. The zero-order chi connectivity index (χ0) is 11.8. The predicted octanol–water partition coefficient (Wildman–Crippen LogP) is 4.07. The molecule has 0 bridgehead atoms. The summed E-state index contributed by atoms with van der Waals surface area (Å²) < 4.78 is 6.87. The van der Waals surface area contributed by atoms with E-state index in [-0.39, 0.29) is 0 Å². The van der Waals surface area contributed by atoms with Crippen molar-refractivity contribution in [2.45, 2.75) is 6.54 Å². The normalized spacial score (nSPS) is 11.4. The first-order chi connectivity index (χ1) is 8.29. The lowest BCUT2D eigenvalue weighted by atomic mass is 10.1. The van der Waals surface area contributed by atoms with Crippen LogP contribution in [0, 0.1) is 0 Å². The van der Waals surface area contributed by atoms with Crippen molar-refractivity contribution in [2.75, 3.05) is 7.05 Å². The third-order valence-corrected chi connectivity index (χ3v) is 3.66. The van der Waals surface area contributed by atoms with Gasteiger partial charge < -0.3 is 9.73 Å². The van der Waals surface area contributed by atoms with E-state index in [0.717, 1.165) is 27.7 Å². The van der Waals surface area contributed by atoms with Crippen LogP contribution in [-0.2, 0) is 6.54 Å². The Balaban J connectivity index is 2.34. The van der Waals surface area contributed by atoms with Crippen molar-refractivity contribution in [2.24, 2.45) is 0 Å². The van der Waals surface area contributed by atoms with Crippen molar-refractivity contribution in [1.29, 1.82) is 0 Å². The Kier molecular flexibility index (Phi) is 2.65. The number of hydrogen-bond acceptors (Lipinski definition) is 2. The van der Waals surface area contributed by atoms with Gasteiger partial charge in [-0.3, -0.25) is 0 Å². The van der Waals surface area contributed by atoms with E-state index < -0.39 is 0 Å². The second kappa shape index (κ2) is 4.17. The van der Waals surface area contributed by atoms with Gasteiger partial charge in [-0.1, -0.05) is 24.3 Å². The molecule has 0 atom stereocenters. The molecule has 17 heavy (non-hydrogen) atoms. The first-order valence-electron chi connectivity index (χ1n) is 5.54. The molecule has 0 saturated heterocycles. The topological polar surface area (TPSA) is 25.2 Å². The predicted molar refractivity (Wildman–Crippen MR) is 74.2 cm³/mol. The molecule has 0 saturated carbocycles. The minimum absolute atomic E-state index is 0.747. The largest absolute Gasteiger partial charge is 0.458 e. The fraction of sp³-hybridized carbons (Fsp3) is 0.143. The van der Waals surface area contributed by atoms with Gasteiger partial charge >= 0.3 is 0 Å². The Bertz CT molecular complexity index is 687. The van der Waals surface area contributed by atoms with Crippen LogP contribution < -0.4 is 5.32 Å². The van der Waals surface area contributed by atoms with Crippen LogP contribution in [0.2, 0.25) is 0 Å². The number of fused-ring (bicyclic) bond motifs is 2. The molecule has 0 aliphatic rings. The second-order valence-corrected chi connectivity index (χ2v) is 4.87. The van der Waals surface area contributed by atoms with Crippen molar-refractivity contribution >= 4 is 37.7 Å². The molecule has 1 N–H and O–H groups in total. The molecule has 2 nitrogen and oxygen atoms in total. The number of nitrogens with one attached hydrogen (secondary N) is 1. The van der Waals surface area contributed by atoms with Crippen LogP contribution in [0.3, 0.4) is 0 Å². The van der Waals surface area contributed by atoms with Crippen LogP contribution in [0.5, 0.6) is 0 Å². The van der Waals surface area contributed by atoms with Crippen LogP contribution in [0.15, 0.2) is 45.3 Å². The second-order valence-electron chi connectivity index (χ2n) is 4.07. The third kappa shape index (κ3) is 1.75. The van der Waals surface area contributed by atoms with Crippen LogP contribution >= 0.6 is 15.9 Å². The van der Waals surface area contributed by atoms with Gasteiger partial charge in [-0.25, -0.2) is 0 Å². The molecular formula is C14H12BrNO. The number of hydrogen-bond donors (Lipinski definition) is 1. The smallest absolute Gasteiger partial charge is 0.149 e. The summed E-state index contributed by atoms with van der Waals surface area (Å²) in [7, 11) is 1.92. The van der Waals surface area contributed by atoms with Gasteiger partial charge in [0, 0.05) is 5.39 Å². The van der Waals surface area contributed by atoms with Gasteiger partial charge in [0.05, 0.1) is 11.0 Å². The zero-order valence-electron chi connectivity index (χ0n) is 9.46. The molecule has 0 radical (unpaired) electrons. The van der Waals surface area contributed by atoms with Gasteiger partial charge in [-0.2, -0.15) is 0 Å². The summed E-state index contributed by atoms with van der Waals surface area (Å²) in [6, 6.07) is 12.6. The molecule has 3 aromatic rings. The number of benzene rings is 2. The highest BCUT2D eigenvalue weighted by Gasteiger charge is 2.10. The summed E-state index contributed by atoms with van der Waals surface area (Å²) in [5.41, 5.74) is 0.925.